The van der Waals surface area contributed by atoms with Gasteiger partial charge in [0.25, 0.3) is 6.43 Å². The molecule has 74 valence electrons. The van der Waals surface area contributed by atoms with Crippen molar-refractivity contribution in [3.8, 4) is 10.8 Å². The highest BCUT2D eigenvalue weighted by molar-refractivity contribution is 7.20. The van der Waals surface area contributed by atoms with E-state index in [1.54, 1.807) is 0 Å². The summed E-state index contributed by atoms with van der Waals surface area (Å²) in [6, 6.07) is 4.05. The maximum atomic E-state index is 12.5. The highest BCUT2D eigenvalue weighted by atomic mass is 32.1. The van der Waals surface area contributed by atoms with Crippen LogP contribution in [0.2, 0.25) is 0 Å². The molecule has 0 amide bonds. The van der Waals surface area contributed by atoms with Crippen molar-refractivity contribution in [3.63, 3.8) is 0 Å². The van der Waals surface area contributed by atoms with E-state index in [2.05, 4.69) is 0 Å². The first-order valence-electron chi connectivity index (χ1n) is 3.82. The van der Waals surface area contributed by atoms with E-state index in [9.17, 15) is 13.9 Å². The lowest BCUT2D eigenvalue weighted by Gasteiger charge is -1.97. The lowest BCUT2D eigenvalue weighted by Crippen LogP contribution is -1.80. The minimum absolute atomic E-state index is 0.000402. The molecule has 0 atom stereocenters. The molecule has 2 aromatic rings. The van der Waals surface area contributed by atoms with Crippen LogP contribution in [-0.2, 0) is 0 Å². The van der Waals surface area contributed by atoms with Gasteiger partial charge in [0.05, 0.1) is 5.56 Å². The fraction of sp³-hybridized carbons (Fsp3) is 0.111. The summed E-state index contributed by atoms with van der Waals surface area (Å²) in [5, 5.41) is 18.3. The Labute approximate surface area is 82.0 Å². The van der Waals surface area contributed by atoms with E-state index in [1.807, 2.05) is 0 Å². The average Bonchev–Trinajstić information content (AvgIpc) is 2.39. The van der Waals surface area contributed by atoms with Crippen LogP contribution in [0.5, 0.6) is 10.8 Å². The van der Waals surface area contributed by atoms with Crippen LogP contribution >= 0.6 is 11.3 Å². The van der Waals surface area contributed by atoms with Gasteiger partial charge >= 0.3 is 0 Å². The molecule has 0 unspecified atom stereocenters. The molecule has 0 aliphatic heterocycles. The molecule has 0 aliphatic rings. The first-order valence-corrected chi connectivity index (χ1v) is 4.64. The normalized spacial score (nSPS) is 11.4. The Morgan fingerprint density at radius 2 is 1.93 bits per heavy atom. The maximum absolute atomic E-state index is 12.5. The monoisotopic (exact) mass is 216 g/mol. The van der Waals surface area contributed by atoms with Crippen molar-refractivity contribution in [2.75, 3.05) is 0 Å². The van der Waals surface area contributed by atoms with Gasteiger partial charge in [0.1, 0.15) is 5.75 Å². The Morgan fingerprint density at radius 3 is 2.57 bits per heavy atom. The zero-order chi connectivity index (χ0) is 10.3. The molecular formula is C9H6F2O2S. The summed E-state index contributed by atoms with van der Waals surface area (Å²) < 4.78 is 25.4. The van der Waals surface area contributed by atoms with Crippen molar-refractivity contribution in [2.45, 2.75) is 6.43 Å². The number of hydrogen-bond acceptors (Lipinski definition) is 3. The van der Waals surface area contributed by atoms with Gasteiger partial charge in [0.15, 0.2) is 5.06 Å². The number of hydrogen-bond donors (Lipinski definition) is 2. The van der Waals surface area contributed by atoms with Crippen LogP contribution in [0.1, 0.15) is 12.0 Å². The molecule has 2 nitrogen and oxygen atoms in total. The summed E-state index contributed by atoms with van der Waals surface area (Å²) in [6.45, 7) is 0. The van der Waals surface area contributed by atoms with E-state index in [0.29, 0.717) is 10.1 Å². The van der Waals surface area contributed by atoms with E-state index < -0.39 is 6.43 Å². The second kappa shape index (κ2) is 3.09. The summed E-state index contributed by atoms with van der Waals surface area (Å²) in [7, 11) is 0. The Bertz CT molecular complexity index is 479. The van der Waals surface area contributed by atoms with E-state index >= 15 is 0 Å². The number of phenolic OH excluding ortho intramolecular Hbond substituents is 1. The van der Waals surface area contributed by atoms with E-state index in [1.165, 1.54) is 18.2 Å². The lowest BCUT2D eigenvalue weighted by molar-refractivity contribution is 0.150. The van der Waals surface area contributed by atoms with Gasteiger partial charge in [-0.1, -0.05) is 11.3 Å². The number of phenols is 1. The molecule has 1 aromatic carbocycles. The predicted octanol–water partition coefficient (Wildman–Crippen LogP) is 3.25. The quantitative estimate of drug-likeness (QED) is 0.768. The summed E-state index contributed by atoms with van der Waals surface area (Å²) in [6.07, 6.45) is -2.70. The Kier molecular flexibility index (Phi) is 2.03. The van der Waals surface area contributed by atoms with Crippen LogP contribution in [0.25, 0.3) is 10.1 Å². The van der Waals surface area contributed by atoms with Crippen LogP contribution in [0, 0.1) is 0 Å². The fourth-order valence-electron chi connectivity index (χ4n) is 1.30. The molecule has 0 fully saturated rings. The third-order valence-electron chi connectivity index (χ3n) is 1.91. The topological polar surface area (TPSA) is 40.5 Å². The summed E-state index contributed by atoms with van der Waals surface area (Å²) in [5.41, 5.74) is -0.356. The zero-order valence-electron chi connectivity index (χ0n) is 6.87. The van der Waals surface area contributed by atoms with E-state index in [-0.39, 0.29) is 16.4 Å². The lowest BCUT2D eigenvalue weighted by atomic mass is 10.2. The number of thiophene rings is 1. The molecule has 1 heterocycles. The number of halogens is 2. The minimum Gasteiger partial charge on any atom is -0.508 e. The van der Waals surface area contributed by atoms with Crippen molar-refractivity contribution in [3.05, 3.63) is 23.8 Å². The van der Waals surface area contributed by atoms with Crippen molar-refractivity contribution < 1.29 is 19.0 Å². The SMILES string of the molecule is Oc1ccc2c(C(F)F)c(O)sc2c1. The van der Waals surface area contributed by atoms with Crippen LogP contribution < -0.4 is 0 Å². The van der Waals surface area contributed by atoms with Gasteiger partial charge in [-0.25, -0.2) is 8.78 Å². The predicted molar refractivity (Wildman–Crippen MR) is 50.1 cm³/mol. The number of benzene rings is 1. The van der Waals surface area contributed by atoms with Gasteiger partial charge in [-0.05, 0) is 18.2 Å². The first kappa shape index (κ1) is 9.21. The third kappa shape index (κ3) is 1.29. The standard InChI is InChI=1S/C9H6F2O2S/c10-8(11)7-5-2-1-4(12)3-6(5)14-9(7)13/h1-3,8,12-13H. The molecule has 0 bridgehead atoms. The maximum Gasteiger partial charge on any atom is 0.268 e. The molecule has 0 saturated carbocycles. The number of fused-ring (bicyclic) bond motifs is 1. The highest BCUT2D eigenvalue weighted by Gasteiger charge is 2.19. The Balaban J connectivity index is 2.77. The van der Waals surface area contributed by atoms with Crippen LogP contribution in [0.3, 0.4) is 0 Å². The highest BCUT2D eigenvalue weighted by Crippen LogP contribution is 2.43. The second-order valence-electron chi connectivity index (χ2n) is 2.80. The molecule has 0 saturated heterocycles. The largest absolute Gasteiger partial charge is 0.508 e. The second-order valence-corrected chi connectivity index (χ2v) is 3.83. The van der Waals surface area contributed by atoms with Crippen LogP contribution in [0.4, 0.5) is 8.78 Å². The summed E-state index contributed by atoms with van der Waals surface area (Å²) in [5.74, 6) is -0.000402. The van der Waals surface area contributed by atoms with Crippen LogP contribution in [0.15, 0.2) is 18.2 Å². The Morgan fingerprint density at radius 1 is 1.21 bits per heavy atom. The Hall–Kier alpha value is -1.36. The van der Waals surface area contributed by atoms with Gasteiger partial charge in [0.2, 0.25) is 0 Å². The van der Waals surface area contributed by atoms with Crippen molar-refractivity contribution in [2.24, 2.45) is 0 Å². The number of aromatic hydroxyl groups is 2. The smallest absolute Gasteiger partial charge is 0.268 e. The van der Waals surface area contributed by atoms with Gasteiger partial charge < -0.3 is 10.2 Å². The first-order chi connectivity index (χ1) is 6.59. The van der Waals surface area contributed by atoms with Crippen molar-refractivity contribution in [1.82, 2.24) is 0 Å². The molecule has 2 N–H and O–H groups in total. The van der Waals surface area contributed by atoms with Gasteiger partial charge in [0, 0.05) is 10.1 Å². The van der Waals surface area contributed by atoms with Gasteiger partial charge in [-0.3, -0.25) is 0 Å². The molecule has 0 aliphatic carbocycles. The minimum atomic E-state index is -2.70. The van der Waals surface area contributed by atoms with E-state index in [4.69, 9.17) is 5.11 Å². The van der Waals surface area contributed by atoms with E-state index in [0.717, 1.165) is 11.3 Å². The molecule has 0 spiro atoms. The summed E-state index contributed by atoms with van der Waals surface area (Å²) >= 11 is 0.837. The number of alkyl halides is 2. The number of rotatable bonds is 1. The fourth-order valence-corrected chi connectivity index (χ4v) is 2.29. The van der Waals surface area contributed by atoms with Crippen molar-refractivity contribution >= 4 is 21.4 Å². The molecule has 5 heteroatoms. The average molecular weight is 216 g/mol. The van der Waals surface area contributed by atoms with Crippen LogP contribution in [-0.4, -0.2) is 10.2 Å². The zero-order valence-corrected chi connectivity index (χ0v) is 7.68. The third-order valence-corrected chi connectivity index (χ3v) is 2.88. The summed E-state index contributed by atoms with van der Waals surface area (Å²) in [4.78, 5) is 0. The van der Waals surface area contributed by atoms with Crippen molar-refractivity contribution in [1.29, 1.82) is 0 Å². The molecule has 14 heavy (non-hydrogen) atoms. The molecule has 2 rings (SSSR count). The molecular weight excluding hydrogens is 210 g/mol. The van der Waals surface area contributed by atoms with Gasteiger partial charge in [-0.2, -0.15) is 0 Å². The van der Waals surface area contributed by atoms with Gasteiger partial charge in [-0.15, -0.1) is 0 Å². The molecule has 0 radical (unpaired) electrons. The molecule has 1 aromatic heterocycles.